The maximum absolute atomic E-state index is 11.8. The average molecular weight is 323 g/mol. The van der Waals surface area contributed by atoms with Crippen molar-refractivity contribution in [3.63, 3.8) is 0 Å². The topological polar surface area (TPSA) is 80.3 Å². The van der Waals surface area contributed by atoms with Gasteiger partial charge in [-0.25, -0.2) is 9.78 Å². The summed E-state index contributed by atoms with van der Waals surface area (Å²) in [5.74, 6) is -0.831. The Morgan fingerprint density at radius 1 is 1.41 bits per heavy atom. The van der Waals surface area contributed by atoms with Crippen LogP contribution in [-0.2, 0) is 9.53 Å². The Bertz CT molecular complexity index is 524. The molecule has 0 unspecified atom stereocenters. The van der Waals surface area contributed by atoms with Gasteiger partial charge in [0, 0.05) is 18.0 Å². The predicted octanol–water partition coefficient (Wildman–Crippen LogP) is 2.35. The van der Waals surface area contributed by atoms with Crippen molar-refractivity contribution in [1.82, 2.24) is 10.3 Å². The Morgan fingerprint density at radius 2 is 2.18 bits per heavy atom. The van der Waals surface area contributed by atoms with Crippen LogP contribution in [0.15, 0.2) is 18.0 Å². The summed E-state index contributed by atoms with van der Waals surface area (Å²) >= 11 is 1.31. The first-order valence-corrected chi connectivity index (χ1v) is 8.34. The Labute approximate surface area is 134 Å². The minimum atomic E-state index is -0.582. The summed E-state index contributed by atoms with van der Waals surface area (Å²) in [5.41, 5.74) is 0.210. The molecule has 120 valence electrons. The van der Waals surface area contributed by atoms with Crippen LogP contribution in [0.4, 0.5) is 5.13 Å². The molecule has 2 N–H and O–H groups in total. The van der Waals surface area contributed by atoms with Gasteiger partial charge in [0.05, 0.1) is 0 Å². The lowest BCUT2D eigenvalue weighted by Crippen LogP contribution is -2.38. The van der Waals surface area contributed by atoms with Crippen LogP contribution in [0.3, 0.4) is 0 Å². The lowest BCUT2D eigenvalue weighted by atomic mass is 9.95. The number of thiazole rings is 1. The average Bonchev–Trinajstić information content (AvgIpc) is 3.00. The maximum Gasteiger partial charge on any atom is 0.358 e. The third-order valence-corrected chi connectivity index (χ3v) is 4.22. The van der Waals surface area contributed by atoms with Crippen molar-refractivity contribution in [1.29, 1.82) is 0 Å². The number of carbonyl (C=O) groups is 2. The summed E-state index contributed by atoms with van der Waals surface area (Å²) in [4.78, 5) is 27.7. The van der Waals surface area contributed by atoms with Gasteiger partial charge in [0.15, 0.2) is 17.4 Å². The van der Waals surface area contributed by atoms with Gasteiger partial charge in [-0.3, -0.25) is 4.79 Å². The quantitative estimate of drug-likeness (QED) is 0.595. The second-order valence-corrected chi connectivity index (χ2v) is 6.04. The third kappa shape index (κ3) is 5.14. The van der Waals surface area contributed by atoms with Gasteiger partial charge in [0.2, 0.25) is 0 Å². The lowest BCUT2D eigenvalue weighted by molar-refractivity contribution is -0.125. The van der Waals surface area contributed by atoms with Crippen molar-refractivity contribution in [2.75, 3.05) is 18.5 Å². The number of aromatic nitrogens is 1. The standard InChI is InChI=1S/C15H21N3O3S/c1-2-8-16-15-18-12(10-22-15)14(20)21-9-13(19)17-11-6-4-3-5-7-11/h2,10-11H,1,3-9H2,(H,16,18)(H,17,19). The number of carbonyl (C=O) groups excluding carboxylic acids is 2. The molecule has 1 amide bonds. The zero-order valence-electron chi connectivity index (χ0n) is 12.5. The highest BCUT2D eigenvalue weighted by molar-refractivity contribution is 7.13. The van der Waals surface area contributed by atoms with E-state index in [1.165, 1.54) is 17.8 Å². The van der Waals surface area contributed by atoms with E-state index >= 15 is 0 Å². The number of esters is 1. The van der Waals surface area contributed by atoms with E-state index in [0.717, 1.165) is 25.7 Å². The van der Waals surface area contributed by atoms with Crippen LogP contribution in [0, 0.1) is 0 Å². The number of hydrogen-bond acceptors (Lipinski definition) is 6. The highest BCUT2D eigenvalue weighted by Gasteiger charge is 2.18. The molecule has 0 bridgehead atoms. The van der Waals surface area contributed by atoms with Gasteiger partial charge >= 0.3 is 5.97 Å². The first-order chi connectivity index (χ1) is 10.7. The Hall–Kier alpha value is -1.89. The van der Waals surface area contributed by atoms with Gasteiger partial charge in [-0.2, -0.15) is 0 Å². The summed E-state index contributed by atoms with van der Waals surface area (Å²) in [6.07, 6.45) is 7.23. The minimum absolute atomic E-state index is 0.210. The second kappa shape index (κ2) is 8.53. The van der Waals surface area contributed by atoms with Crippen molar-refractivity contribution >= 4 is 28.3 Å². The second-order valence-electron chi connectivity index (χ2n) is 5.19. The summed E-state index contributed by atoms with van der Waals surface area (Å²) in [6.45, 7) is 3.91. The molecular formula is C15H21N3O3S. The zero-order chi connectivity index (χ0) is 15.8. The van der Waals surface area contributed by atoms with Crippen LogP contribution < -0.4 is 10.6 Å². The largest absolute Gasteiger partial charge is 0.451 e. The van der Waals surface area contributed by atoms with E-state index in [9.17, 15) is 9.59 Å². The molecule has 2 rings (SSSR count). The molecule has 7 heteroatoms. The van der Waals surface area contributed by atoms with Gasteiger partial charge < -0.3 is 15.4 Å². The van der Waals surface area contributed by atoms with Crippen LogP contribution in [0.2, 0.25) is 0 Å². The molecule has 0 saturated heterocycles. The number of nitrogens with one attached hydrogen (secondary N) is 2. The fourth-order valence-corrected chi connectivity index (χ4v) is 3.02. The lowest BCUT2D eigenvalue weighted by Gasteiger charge is -2.22. The first kappa shape index (κ1) is 16.5. The number of nitrogens with zero attached hydrogens (tertiary/aromatic N) is 1. The molecule has 0 atom stereocenters. The number of anilines is 1. The Morgan fingerprint density at radius 3 is 2.91 bits per heavy atom. The molecule has 1 aromatic heterocycles. The molecule has 1 aromatic rings. The molecule has 1 saturated carbocycles. The smallest absolute Gasteiger partial charge is 0.358 e. The van der Waals surface area contributed by atoms with Crippen LogP contribution in [-0.4, -0.2) is 36.1 Å². The number of amides is 1. The normalized spacial score (nSPS) is 15.1. The third-order valence-electron chi connectivity index (χ3n) is 3.42. The predicted molar refractivity (Wildman–Crippen MR) is 86.1 cm³/mol. The summed E-state index contributed by atoms with van der Waals surface area (Å²) in [5, 5.41) is 8.12. The van der Waals surface area contributed by atoms with Crippen molar-refractivity contribution in [3.8, 4) is 0 Å². The van der Waals surface area contributed by atoms with Crippen molar-refractivity contribution in [2.45, 2.75) is 38.1 Å². The number of ether oxygens (including phenoxy) is 1. The van der Waals surface area contributed by atoms with E-state index in [-0.39, 0.29) is 24.2 Å². The molecule has 6 nitrogen and oxygen atoms in total. The van der Waals surface area contributed by atoms with Crippen LogP contribution >= 0.6 is 11.3 Å². The van der Waals surface area contributed by atoms with Gasteiger partial charge in [-0.15, -0.1) is 17.9 Å². The van der Waals surface area contributed by atoms with Crippen molar-refractivity contribution in [2.24, 2.45) is 0 Å². The van der Waals surface area contributed by atoms with Gasteiger partial charge in [-0.05, 0) is 12.8 Å². The molecular weight excluding hydrogens is 302 g/mol. The highest BCUT2D eigenvalue weighted by Crippen LogP contribution is 2.17. The fraction of sp³-hybridized carbons (Fsp3) is 0.533. The number of hydrogen-bond donors (Lipinski definition) is 2. The van der Waals surface area contributed by atoms with Crippen molar-refractivity contribution in [3.05, 3.63) is 23.7 Å². The van der Waals surface area contributed by atoms with E-state index in [4.69, 9.17) is 4.74 Å². The summed E-state index contributed by atoms with van der Waals surface area (Å²) in [6, 6.07) is 0.217. The molecule has 1 fully saturated rings. The molecule has 22 heavy (non-hydrogen) atoms. The maximum atomic E-state index is 11.8. The van der Waals surface area contributed by atoms with Crippen LogP contribution in [0.1, 0.15) is 42.6 Å². The molecule has 0 spiro atoms. The monoisotopic (exact) mass is 323 g/mol. The summed E-state index contributed by atoms with van der Waals surface area (Å²) < 4.78 is 4.99. The van der Waals surface area contributed by atoms with Crippen LogP contribution in [0.25, 0.3) is 0 Å². The van der Waals surface area contributed by atoms with E-state index in [1.54, 1.807) is 11.5 Å². The zero-order valence-corrected chi connectivity index (χ0v) is 13.3. The van der Waals surface area contributed by atoms with E-state index in [2.05, 4.69) is 22.2 Å². The minimum Gasteiger partial charge on any atom is -0.451 e. The molecule has 0 aliphatic heterocycles. The van der Waals surface area contributed by atoms with Crippen molar-refractivity contribution < 1.29 is 14.3 Å². The molecule has 1 aliphatic carbocycles. The fourth-order valence-electron chi connectivity index (χ4n) is 2.33. The van der Waals surface area contributed by atoms with Gasteiger partial charge in [0.25, 0.3) is 5.91 Å². The van der Waals surface area contributed by atoms with Gasteiger partial charge in [-0.1, -0.05) is 25.3 Å². The van der Waals surface area contributed by atoms with E-state index in [1.807, 2.05) is 0 Å². The first-order valence-electron chi connectivity index (χ1n) is 7.46. The summed E-state index contributed by atoms with van der Waals surface area (Å²) in [7, 11) is 0. The molecule has 1 heterocycles. The van der Waals surface area contributed by atoms with Gasteiger partial charge in [0.1, 0.15) is 0 Å². The number of rotatable bonds is 7. The Kier molecular flexibility index (Phi) is 6.39. The SMILES string of the molecule is C=CCNc1nc(C(=O)OCC(=O)NC2CCCCC2)cs1. The van der Waals surface area contributed by atoms with Crippen LogP contribution in [0.5, 0.6) is 0 Å². The Balaban J connectivity index is 1.73. The molecule has 1 aliphatic rings. The highest BCUT2D eigenvalue weighted by atomic mass is 32.1. The van der Waals surface area contributed by atoms with E-state index in [0.29, 0.717) is 11.7 Å². The molecule has 0 aromatic carbocycles. The van der Waals surface area contributed by atoms with E-state index < -0.39 is 5.97 Å². The molecule has 0 radical (unpaired) electrons.